The van der Waals surface area contributed by atoms with Gasteiger partial charge in [0.1, 0.15) is 0 Å². The second kappa shape index (κ2) is 5.70. The van der Waals surface area contributed by atoms with Gasteiger partial charge in [-0.15, -0.1) is 0 Å². The molecular weight excluding hydrogens is 88.1 g/mol. The number of aliphatic hydroxyl groups is 1. The molecule has 1 heteroatoms. The minimum absolute atomic E-state index is 0.247. The van der Waals surface area contributed by atoms with E-state index in [-0.39, 0.29) is 6.61 Å². The van der Waals surface area contributed by atoms with Crippen LogP contribution >= 0.6 is 0 Å². The molecule has 0 bridgehead atoms. The fourth-order valence-corrected chi connectivity index (χ4v) is 0.310. The van der Waals surface area contributed by atoms with Gasteiger partial charge < -0.3 is 5.11 Å². The quantitative estimate of drug-likeness (QED) is 0.526. The zero-order valence-electron chi connectivity index (χ0n) is 4.43. The number of hydrogen-bond acceptors (Lipinski definition) is 1. The van der Waals surface area contributed by atoms with Gasteiger partial charge in [0.2, 0.25) is 0 Å². The van der Waals surface area contributed by atoms with E-state index >= 15 is 0 Å². The fraction of sp³-hybridized carbons (Fsp3) is 0.500. The van der Waals surface area contributed by atoms with Gasteiger partial charge in [-0.1, -0.05) is 12.2 Å². The van der Waals surface area contributed by atoms with Crippen LogP contribution in [0, 0.1) is 6.92 Å². The van der Waals surface area contributed by atoms with Gasteiger partial charge in [-0.2, -0.15) is 0 Å². The fourth-order valence-electron chi connectivity index (χ4n) is 0.310. The molecule has 41 valence electrons. The molecule has 0 amide bonds. The van der Waals surface area contributed by atoms with E-state index in [4.69, 9.17) is 5.11 Å². The number of hydrogen-bond donors (Lipinski definition) is 1. The topological polar surface area (TPSA) is 20.2 Å². The van der Waals surface area contributed by atoms with E-state index in [0.717, 1.165) is 12.8 Å². The molecule has 1 N–H and O–H groups in total. The van der Waals surface area contributed by atoms with E-state index in [1.54, 1.807) is 0 Å². The molecule has 7 heavy (non-hydrogen) atoms. The summed E-state index contributed by atoms with van der Waals surface area (Å²) in [6.07, 6.45) is 5.44. The van der Waals surface area contributed by atoms with E-state index in [1.807, 2.05) is 12.2 Å². The van der Waals surface area contributed by atoms with E-state index in [2.05, 4.69) is 6.92 Å². The number of aliphatic hydroxyl groups excluding tert-OH is 1. The Morgan fingerprint density at radius 2 is 2.14 bits per heavy atom. The summed E-state index contributed by atoms with van der Waals surface area (Å²) in [4.78, 5) is 0. The van der Waals surface area contributed by atoms with Gasteiger partial charge >= 0.3 is 0 Å². The Hall–Kier alpha value is -0.300. The molecule has 0 heterocycles. The second-order valence-electron chi connectivity index (χ2n) is 1.27. The van der Waals surface area contributed by atoms with Crippen LogP contribution in [0.25, 0.3) is 0 Å². The number of allylic oxidation sites excluding steroid dienone is 1. The molecule has 0 rings (SSSR count). The summed E-state index contributed by atoms with van der Waals surface area (Å²) < 4.78 is 0. The third-order valence-corrected chi connectivity index (χ3v) is 0.629. The molecule has 0 aromatic heterocycles. The number of rotatable bonds is 3. The highest BCUT2D eigenvalue weighted by molar-refractivity contribution is 4.81. The van der Waals surface area contributed by atoms with Crippen LogP contribution in [0.1, 0.15) is 12.8 Å². The standard InChI is InChI=1S/C6H11O/c1-2-3-4-5-6-7/h3-4,7H,1-2,5-6H2. The van der Waals surface area contributed by atoms with Crippen LogP contribution < -0.4 is 0 Å². The first-order valence-corrected chi connectivity index (χ1v) is 2.47. The maximum atomic E-state index is 8.22. The van der Waals surface area contributed by atoms with Gasteiger partial charge in [0.25, 0.3) is 0 Å². The van der Waals surface area contributed by atoms with Crippen molar-refractivity contribution in [3.8, 4) is 0 Å². The van der Waals surface area contributed by atoms with Crippen LogP contribution in [0.15, 0.2) is 12.2 Å². The van der Waals surface area contributed by atoms with Crippen LogP contribution in [0.2, 0.25) is 0 Å². The molecule has 0 saturated heterocycles. The minimum Gasteiger partial charge on any atom is -0.396 e. The molecular formula is C6H11O. The van der Waals surface area contributed by atoms with Gasteiger partial charge in [-0.25, -0.2) is 0 Å². The Morgan fingerprint density at radius 1 is 1.43 bits per heavy atom. The SMILES string of the molecule is [CH2]CC=CCCO. The Labute approximate surface area is 44.7 Å². The highest BCUT2D eigenvalue weighted by Crippen LogP contribution is 1.82. The average Bonchev–Trinajstić information content (AvgIpc) is 1.69. The molecule has 0 spiro atoms. The summed E-state index contributed by atoms with van der Waals surface area (Å²) in [5, 5.41) is 8.22. The van der Waals surface area contributed by atoms with E-state index in [9.17, 15) is 0 Å². The molecule has 0 unspecified atom stereocenters. The molecule has 0 aliphatic rings. The molecule has 0 saturated carbocycles. The second-order valence-corrected chi connectivity index (χ2v) is 1.27. The maximum Gasteiger partial charge on any atom is 0.0465 e. The summed E-state index contributed by atoms with van der Waals surface area (Å²) in [7, 11) is 0. The van der Waals surface area contributed by atoms with Crippen molar-refractivity contribution in [2.45, 2.75) is 12.8 Å². The van der Waals surface area contributed by atoms with E-state index < -0.39 is 0 Å². The summed E-state index contributed by atoms with van der Waals surface area (Å²) >= 11 is 0. The lowest BCUT2D eigenvalue weighted by molar-refractivity contribution is 0.302. The Balaban J connectivity index is 2.78. The van der Waals surface area contributed by atoms with Crippen molar-refractivity contribution in [1.29, 1.82) is 0 Å². The van der Waals surface area contributed by atoms with Crippen molar-refractivity contribution >= 4 is 0 Å². The average molecular weight is 99.2 g/mol. The molecule has 0 aliphatic carbocycles. The predicted molar refractivity (Wildman–Crippen MR) is 30.8 cm³/mol. The monoisotopic (exact) mass is 99.1 g/mol. The molecule has 0 atom stereocenters. The summed E-state index contributed by atoms with van der Waals surface area (Å²) in [5.74, 6) is 0. The van der Waals surface area contributed by atoms with Crippen LogP contribution in [-0.2, 0) is 0 Å². The molecule has 0 fully saturated rings. The van der Waals surface area contributed by atoms with Crippen molar-refractivity contribution in [3.63, 3.8) is 0 Å². The van der Waals surface area contributed by atoms with Gasteiger partial charge in [-0.3, -0.25) is 0 Å². The van der Waals surface area contributed by atoms with Gasteiger partial charge in [0.15, 0.2) is 0 Å². The molecule has 0 aromatic rings. The van der Waals surface area contributed by atoms with Crippen LogP contribution in [0.4, 0.5) is 0 Å². The van der Waals surface area contributed by atoms with E-state index in [0.29, 0.717) is 0 Å². The molecule has 1 nitrogen and oxygen atoms in total. The van der Waals surface area contributed by atoms with Crippen molar-refractivity contribution in [3.05, 3.63) is 19.1 Å². The van der Waals surface area contributed by atoms with Crippen LogP contribution in [-0.4, -0.2) is 11.7 Å². The largest absolute Gasteiger partial charge is 0.396 e. The van der Waals surface area contributed by atoms with Gasteiger partial charge in [-0.05, 0) is 19.8 Å². The molecule has 1 radical (unpaired) electrons. The third-order valence-electron chi connectivity index (χ3n) is 0.629. The summed E-state index contributed by atoms with van der Waals surface area (Å²) in [6.45, 7) is 3.84. The molecule has 0 aliphatic heterocycles. The zero-order chi connectivity index (χ0) is 5.54. The Bertz CT molecular complexity index is 48.1. The lowest BCUT2D eigenvalue weighted by atomic mass is 10.3. The normalized spacial score (nSPS) is 10.6. The Kier molecular flexibility index (Phi) is 5.46. The van der Waals surface area contributed by atoms with Crippen LogP contribution in [0.3, 0.4) is 0 Å². The highest BCUT2D eigenvalue weighted by Gasteiger charge is 1.69. The predicted octanol–water partition coefficient (Wildman–Crippen LogP) is 1.15. The van der Waals surface area contributed by atoms with Crippen LogP contribution in [0.5, 0.6) is 0 Å². The van der Waals surface area contributed by atoms with Crippen molar-refractivity contribution < 1.29 is 5.11 Å². The lowest BCUT2D eigenvalue weighted by Crippen LogP contribution is -1.73. The third kappa shape index (κ3) is 5.70. The van der Waals surface area contributed by atoms with Crippen molar-refractivity contribution in [1.82, 2.24) is 0 Å². The summed E-state index contributed by atoms with van der Waals surface area (Å²) in [5.41, 5.74) is 0. The van der Waals surface area contributed by atoms with Crippen molar-refractivity contribution in [2.75, 3.05) is 6.61 Å². The Morgan fingerprint density at radius 3 is 2.57 bits per heavy atom. The highest BCUT2D eigenvalue weighted by atomic mass is 16.2. The first kappa shape index (κ1) is 6.70. The minimum atomic E-state index is 0.247. The smallest absolute Gasteiger partial charge is 0.0465 e. The first-order valence-electron chi connectivity index (χ1n) is 2.47. The zero-order valence-corrected chi connectivity index (χ0v) is 4.43. The first-order chi connectivity index (χ1) is 3.41. The van der Waals surface area contributed by atoms with E-state index in [1.165, 1.54) is 0 Å². The lowest BCUT2D eigenvalue weighted by Gasteiger charge is -1.79. The summed E-state index contributed by atoms with van der Waals surface area (Å²) in [6, 6.07) is 0. The van der Waals surface area contributed by atoms with Gasteiger partial charge in [0, 0.05) is 6.61 Å². The maximum absolute atomic E-state index is 8.22. The molecule has 0 aromatic carbocycles. The van der Waals surface area contributed by atoms with Crippen molar-refractivity contribution in [2.24, 2.45) is 0 Å². The van der Waals surface area contributed by atoms with Gasteiger partial charge in [0.05, 0.1) is 0 Å².